The second kappa shape index (κ2) is 25.7. The van der Waals surface area contributed by atoms with Gasteiger partial charge in [0.1, 0.15) is 24.8 Å². The minimum absolute atomic E-state index is 0.00519. The van der Waals surface area contributed by atoms with Gasteiger partial charge in [-0.25, -0.2) is 19.6 Å². The highest BCUT2D eigenvalue weighted by Gasteiger charge is 2.66. The van der Waals surface area contributed by atoms with E-state index in [1.807, 2.05) is 65.0 Å². The number of para-hydroxylation sites is 2. The van der Waals surface area contributed by atoms with Gasteiger partial charge >= 0.3 is 18.0 Å². The summed E-state index contributed by atoms with van der Waals surface area (Å²) in [6.45, 7) is 9.46. The number of benzene rings is 3. The number of carboxylic acids is 2. The number of thiazole rings is 1. The molecule has 462 valence electrons. The number of imide groups is 1. The summed E-state index contributed by atoms with van der Waals surface area (Å²) in [5.41, 5.74) is 5.01. The van der Waals surface area contributed by atoms with Crippen molar-refractivity contribution in [3.8, 4) is 16.9 Å². The molecule has 4 fully saturated rings. The molecule has 0 spiro atoms. The molecule has 22 nitrogen and oxygen atoms in total. The second-order valence-corrected chi connectivity index (χ2v) is 25.8. The van der Waals surface area contributed by atoms with Gasteiger partial charge in [-0.15, -0.1) is 0 Å². The number of fused-ring (bicyclic) bond motifs is 2. The van der Waals surface area contributed by atoms with Gasteiger partial charge in [-0.3, -0.25) is 38.9 Å². The number of aliphatic carboxylic acids is 1. The fraction of sp³-hybridized carbons (Fsp3) is 0.446. The third-order valence-corrected chi connectivity index (χ3v) is 18.6. The summed E-state index contributed by atoms with van der Waals surface area (Å²) in [7, 11) is 0. The highest BCUT2D eigenvalue weighted by atomic mass is 32.1. The fourth-order valence-electron chi connectivity index (χ4n) is 15.0. The number of ether oxygens (including phenoxy) is 4. The van der Waals surface area contributed by atoms with Crippen LogP contribution in [0.2, 0.25) is 0 Å². The highest BCUT2D eigenvalue weighted by molar-refractivity contribution is 7.22. The van der Waals surface area contributed by atoms with E-state index in [-0.39, 0.29) is 112 Å². The third kappa shape index (κ3) is 13.8. The van der Waals surface area contributed by atoms with E-state index in [1.165, 1.54) is 28.4 Å². The Kier molecular flexibility index (Phi) is 17.8. The van der Waals surface area contributed by atoms with Crippen LogP contribution in [0.15, 0.2) is 97.2 Å². The Bertz CT molecular complexity index is 3640. The Labute approximate surface area is 513 Å². The highest BCUT2D eigenvalue weighted by Crippen LogP contribution is 2.72. The summed E-state index contributed by atoms with van der Waals surface area (Å²) < 4.78 is 27.5. The number of carbonyl (C=O) groups excluding carboxylic acids is 5. The molecule has 0 saturated heterocycles. The van der Waals surface area contributed by atoms with Crippen molar-refractivity contribution in [1.82, 2.24) is 34.9 Å². The molecule has 5 amide bonds. The van der Waals surface area contributed by atoms with Crippen molar-refractivity contribution in [3.63, 3.8) is 0 Å². The quantitative estimate of drug-likeness (QED) is 0.0277. The van der Waals surface area contributed by atoms with Crippen LogP contribution >= 0.6 is 11.3 Å². The molecule has 23 heteroatoms. The monoisotopic (exact) mass is 1220 g/mol. The number of carbonyl (C=O) groups is 7. The number of nitrogens with one attached hydrogen (secondary N) is 2. The molecule has 5 heterocycles. The Morgan fingerprint density at radius 2 is 1.57 bits per heavy atom. The van der Waals surface area contributed by atoms with Crippen LogP contribution in [0.4, 0.5) is 15.7 Å². The molecule has 4 saturated carbocycles. The number of aromatic carboxylic acids is 1. The van der Waals surface area contributed by atoms with E-state index in [4.69, 9.17) is 29.0 Å². The SMILES string of the molecule is Cc1c(-c2ccc(N3CCc4cccc(C(=O)Nc5nc6ccccc6s5)c4C3)nc2C(=O)O)cnn1CC12CC3(C)CC(C)(C1)CC(OCCN(CCCC(=O)O)C(=O)OCc1ccccc1OCCOCCNC(=O)CCN1C(=O)C=CC1=O)(C3)C2. The lowest BCUT2D eigenvalue weighted by atomic mass is 9.39. The summed E-state index contributed by atoms with van der Waals surface area (Å²) in [6, 6.07) is 24.3. The van der Waals surface area contributed by atoms with Gasteiger partial charge in [0.15, 0.2) is 10.8 Å². The summed E-state index contributed by atoms with van der Waals surface area (Å²) in [5, 5.41) is 31.4. The molecule has 6 aliphatic rings. The molecule has 4 N–H and O–H groups in total. The third-order valence-electron chi connectivity index (χ3n) is 17.7. The van der Waals surface area contributed by atoms with Crippen molar-refractivity contribution in [1.29, 1.82) is 0 Å². The smallest absolute Gasteiger partial charge is 0.410 e. The minimum Gasteiger partial charge on any atom is -0.491 e. The van der Waals surface area contributed by atoms with E-state index < -0.39 is 35.4 Å². The molecular formula is C65H73N9O13S. The number of pyridine rings is 1. The lowest BCUT2D eigenvalue weighted by Gasteiger charge is -2.69. The maximum atomic E-state index is 13.9. The number of hydrogen-bond donors (Lipinski definition) is 4. The average Bonchev–Trinajstić information content (AvgIpc) is 0.825. The van der Waals surface area contributed by atoms with Crippen LogP contribution in [-0.2, 0) is 59.5 Å². The first-order valence-corrected chi connectivity index (χ1v) is 30.8. The van der Waals surface area contributed by atoms with Gasteiger partial charge in [0.25, 0.3) is 17.7 Å². The van der Waals surface area contributed by atoms with Crippen LogP contribution in [0.3, 0.4) is 0 Å². The standard InChI is InChI=1S/C65H73N9O13S/c1-42-47(45-17-18-52(69-57(45)59(81)82)72-25-21-43-11-8-12-46(48(43)33-72)58(80)70-60-68-49-13-5-7-15-51(49)88-60)32-67-74(42)41-64-36-62(2)35-63(3,37-64)39-65(38-62,40-64)87-29-27-71(24-9-16-56(78)79)61(83)86-34-44-10-4-6-14-50(44)85-31-30-84-28-23-66-53(75)22-26-73-54(76)19-20-55(73)77/h4-8,10-15,17-20,32H,9,16,21-31,33-41H2,1-3H3,(H,66,75)(H,78,79)(H,81,82)(H,68,70,80). The molecule has 2 atom stereocenters. The molecule has 3 aromatic carbocycles. The summed E-state index contributed by atoms with van der Waals surface area (Å²) in [4.78, 5) is 102. The first-order chi connectivity index (χ1) is 42.3. The molecule has 6 aromatic rings. The van der Waals surface area contributed by atoms with Crippen LogP contribution < -0.4 is 20.3 Å². The van der Waals surface area contributed by atoms with E-state index in [1.54, 1.807) is 36.5 Å². The van der Waals surface area contributed by atoms with Gasteiger partial charge in [-0.1, -0.05) is 67.6 Å². The predicted octanol–water partition coefficient (Wildman–Crippen LogP) is 8.84. The van der Waals surface area contributed by atoms with Crippen molar-refractivity contribution >= 4 is 74.2 Å². The zero-order valence-electron chi connectivity index (χ0n) is 49.7. The van der Waals surface area contributed by atoms with Gasteiger partial charge in [-0.05, 0) is 122 Å². The normalized spacial score (nSPS) is 21.6. The molecule has 4 bridgehead atoms. The maximum absolute atomic E-state index is 13.9. The molecule has 4 aliphatic carbocycles. The first kappa shape index (κ1) is 61.1. The van der Waals surface area contributed by atoms with Crippen molar-refractivity contribution in [2.45, 2.75) is 110 Å². The fourth-order valence-corrected chi connectivity index (χ4v) is 15.9. The molecule has 3 aromatic heterocycles. The average molecular weight is 1220 g/mol. The first-order valence-electron chi connectivity index (χ1n) is 29.9. The topological polar surface area (TPSA) is 274 Å². The largest absolute Gasteiger partial charge is 0.491 e. The number of anilines is 2. The summed E-state index contributed by atoms with van der Waals surface area (Å²) >= 11 is 1.41. The number of hydrogen-bond acceptors (Lipinski definition) is 16. The van der Waals surface area contributed by atoms with Gasteiger partial charge in [0, 0.05) is 98.8 Å². The number of nitrogens with zero attached hydrogens (tertiary/aromatic N) is 7. The maximum Gasteiger partial charge on any atom is 0.410 e. The molecule has 12 rings (SSSR count). The zero-order valence-corrected chi connectivity index (χ0v) is 50.5. The Morgan fingerprint density at radius 3 is 2.34 bits per heavy atom. The lowest BCUT2D eigenvalue weighted by molar-refractivity contribution is -0.248. The van der Waals surface area contributed by atoms with Gasteiger partial charge < -0.3 is 44.3 Å². The van der Waals surface area contributed by atoms with Gasteiger partial charge in [-0.2, -0.15) is 5.10 Å². The van der Waals surface area contributed by atoms with E-state index in [2.05, 4.69) is 29.5 Å². The van der Waals surface area contributed by atoms with E-state index in [0.29, 0.717) is 65.0 Å². The molecule has 88 heavy (non-hydrogen) atoms. The van der Waals surface area contributed by atoms with Crippen molar-refractivity contribution in [2.24, 2.45) is 16.2 Å². The lowest BCUT2D eigenvalue weighted by Crippen LogP contribution is -2.64. The second-order valence-electron chi connectivity index (χ2n) is 24.8. The van der Waals surface area contributed by atoms with Crippen LogP contribution in [0.25, 0.3) is 21.3 Å². The number of amides is 5. The number of carboxylic acid groups (broad SMARTS) is 2. The summed E-state index contributed by atoms with van der Waals surface area (Å²) in [6.07, 6.45) is 9.67. The van der Waals surface area contributed by atoms with Gasteiger partial charge in [0.2, 0.25) is 5.91 Å². The summed E-state index contributed by atoms with van der Waals surface area (Å²) in [5.74, 6) is -2.60. The van der Waals surface area contributed by atoms with E-state index in [0.717, 1.165) is 70.5 Å². The zero-order chi connectivity index (χ0) is 61.8. The number of aromatic nitrogens is 4. The Balaban J connectivity index is 0.703. The van der Waals surface area contributed by atoms with Gasteiger partial charge in [0.05, 0.1) is 41.8 Å². The Hall–Kier alpha value is -8.54. The molecular weight excluding hydrogens is 1150 g/mol. The molecule has 2 unspecified atom stereocenters. The van der Waals surface area contributed by atoms with Crippen LogP contribution in [0.1, 0.15) is 115 Å². The van der Waals surface area contributed by atoms with Crippen LogP contribution in [0.5, 0.6) is 5.75 Å². The van der Waals surface area contributed by atoms with Crippen molar-refractivity contribution < 1.29 is 62.7 Å². The van der Waals surface area contributed by atoms with Crippen LogP contribution in [0, 0.1) is 23.2 Å². The molecule has 0 radical (unpaired) electrons. The minimum atomic E-state index is -1.16. The van der Waals surface area contributed by atoms with Crippen molar-refractivity contribution in [2.75, 3.05) is 69.4 Å². The van der Waals surface area contributed by atoms with Crippen LogP contribution in [-0.4, -0.2) is 146 Å². The Morgan fingerprint density at radius 1 is 0.795 bits per heavy atom. The van der Waals surface area contributed by atoms with E-state index in [9.17, 15) is 43.8 Å². The predicted molar refractivity (Wildman–Crippen MR) is 326 cm³/mol. The van der Waals surface area contributed by atoms with E-state index >= 15 is 0 Å². The van der Waals surface area contributed by atoms with Crippen molar-refractivity contribution in [3.05, 3.63) is 131 Å². The molecule has 2 aliphatic heterocycles. The number of rotatable bonds is 27.